The second-order valence-electron chi connectivity index (χ2n) is 2.61. The van der Waals surface area contributed by atoms with Crippen LogP contribution in [-0.4, -0.2) is 16.4 Å². The van der Waals surface area contributed by atoms with Crippen molar-refractivity contribution in [1.29, 1.82) is 0 Å². The maximum Gasteiger partial charge on any atom is 0.151 e. The second-order valence-corrected chi connectivity index (χ2v) is 2.61. The summed E-state index contributed by atoms with van der Waals surface area (Å²) in [5.74, 6) is 2.88. The van der Waals surface area contributed by atoms with E-state index in [9.17, 15) is 0 Å². The van der Waals surface area contributed by atoms with E-state index in [2.05, 4.69) is 11.0 Å². The number of terminal acetylenes is 1. The first-order valence-corrected chi connectivity index (χ1v) is 4.27. The van der Waals surface area contributed by atoms with Gasteiger partial charge in [0.25, 0.3) is 0 Å². The van der Waals surface area contributed by atoms with Gasteiger partial charge in [0.2, 0.25) is 0 Å². The lowest BCUT2D eigenvalue weighted by Crippen LogP contribution is -1.97. The van der Waals surface area contributed by atoms with Crippen LogP contribution in [0.15, 0.2) is 6.20 Å². The van der Waals surface area contributed by atoms with Crippen molar-refractivity contribution in [1.82, 2.24) is 9.78 Å². The molecule has 0 unspecified atom stereocenters. The molecule has 0 aromatic carbocycles. The summed E-state index contributed by atoms with van der Waals surface area (Å²) in [7, 11) is 0. The van der Waals surface area contributed by atoms with Gasteiger partial charge in [-0.05, 0) is 6.92 Å². The fourth-order valence-electron chi connectivity index (χ4n) is 0.952. The van der Waals surface area contributed by atoms with Gasteiger partial charge < -0.3 is 5.73 Å². The van der Waals surface area contributed by atoms with Crippen molar-refractivity contribution >= 4 is 5.82 Å². The number of hydrogen-bond acceptors (Lipinski definition) is 4. The van der Waals surface area contributed by atoms with Crippen LogP contribution < -0.4 is 5.73 Å². The summed E-state index contributed by atoms with van der Waals surface area (Å²) in [4.78, 5) is 9.58. The molecule has 0 aliphatic heterocycles. The molecule has 1 rings (SSSR count). The number of nitrogen functional groups attached to an aromatic ring is 1. The van der Waals surface area contributed by atoms with Crippen LogP contribution in [0.25, 0.3) is 0 Å². The molecule has 0 aliphatic rings. The standard InChI is InChI=1S/C9H13N3O2/c1-3-5-12-6-8(9(10)11-12)7-14-13-4-2/h1,6H,4-5,7H2,2H3,(H2,10,11). The Bertz CT molecular complexity index is 327. The monoisotopic (exact) mass is 195 g/mol. The van der Waals surface area contributed by atoms with Crippen LogP contribution >= 0.6 is 0 Å². The SMILES string of the molecule is C#CCn1cc(COOCC)c(N)n1. The lowest BCUT2D eigenvalue weighted by Gasteiger charge is -1.98. The molecule has 0 radical (unpaired) electrons. The maximum absolute atomic E-state index is 5.62. The average molecular weight is 195 g/mol. The van der Waals surface area contributed by atoms with Crippen LogP contribution in [0.3, 0.4) is 0 Å². The lowest BCUT2D eigenvalue weighted by molar-refractivity contribution is -0.300. The van der Waals surface area contributed by atoms with E-state index in [4.69, 9.17) is 21.9 Å². The van der Waals surface area contributed by atoms with Gasteiger partial charge in [-0.25, -0.2) is 9.78 Å². The van der Waals surface area contributed by atoms with E-state index in [-0.39, 0.29) is 6.61 Å². The summed E-state index contributed by atoms with van der Waals surface area (Å²) >= 11 is 0. The molecule has 0 fully saturated rings. The number of nitrogens with two attached hydrogens (primary N) is 1. The van der Waals surface area contributed by atoms with Gasteiger partial charge in [-0.3, -0.25) is 4.68 Å². The van der Waals surface area contributed by atoms with Crippen molar-refractivity contribution in [3.8, 4) is 12.3 Å². The second kappa shape index (κ2) is 5.27. The lowest BCUT2D eigenvalue weighted by atomic mass is 10.3. The molecule has 1 aromatic rings. The maximum atomic E-state index is 5.62. The molecule has 76 valence electrons. The molecule has 0 saturated heterocycles. The van der Waals surface area contributed by atoms with Gasteiger partial charge in [0, 0.05) is 11.8 Å². The molecule has 0 aliphatic carbocycles. The Morgan fingerprint density at radius 1 is 1.64 bits per heavy atom. The van der Waals surface area contributed by atoms with Gasteiger partial charge >= 0.3 is 0 Å². The highest BCUT2D eigenvalue weighted by atomic mass is 17.2. The van der Waals surface area contributed by atoms with Crippen molar-refractivity contribution in [3.05, 3.63) is 11.8 Å². The highest BCUT2D eigenvalue weighted by Crippen LogP contribution is 2.10. The van der Waals surface area contributed by atoms with E-state index < -0.39 is 0 Å². The van der Waals surface area contributed by atoms with E-state index in [1.807, 2.05) is 6.92 Å². The smallest absolute Gasteiger partial charge is 0.151 e. The van der Waals surface area contributed by atoms with Gasteiger partial charge in [-0.1, -0.05) is 5.92 Å². The number of rotatable bonds is 5. The molecular formula is C9H13N3O2. The van der Waals surface area contributed by atoms with Crippen molar-refractivity contribution in [2.75, 3.05) is 12.3 Å². The van der Waals surface area contributed by atoms with Crippen molar-refractivity contribution in [2.24, 2.45) is 0 Å². The first-order valence-electron chi connectivity index (χ1n) is 4.27. The topological polar surface area (TPSA) is 62.3 Å². The summed E-state index contributed by atoms with van der Waals surface area (Å²) in [5, 5.41) is 4.00. The Kier molecular flexibility index (Phi) is 3.98. The van der Waals surface area contributed by atoms with Crippen LogP contribution in [0.4, 0.5) is 5.82 Å². The quantitative estimate of drug-likeness (QED) is 0.323. The van der Waals surface area contributed by atoms with Crippen LogP contribution in [0.2, 0.25) is 0 Å². The first kappa shape index (κ1) is 10.6. The molecule has 0 amide bonds. The molecule has 0 bridgehead atoms. The molecule has 0 atom stereocenters. The van der Waals surface area contributed by atoms with Crippen molar-refractivity contribution in [3.63, 3.8) is 0 Å². The van der Waals surface area contributed by atoms with Gasteiger partial charge in [-0.2, -0.15) is 5.10 Å². The Balaban J connectivity index is 2.54. The summed E-state index contributed by atoms with van der Waals surface area (Å²) in [6.07, 6.45) is 6.88. The minimum absolute atomic E-state index is 0.282. The fourth-order valence-corrected chi connectivity index (χ4v) is 0.952. The van der Waals surface area contributed by atoms with Gasteiger partial charge in [0.1, 0.15) is 13.2 Å². The van der Waals surface area contributed by atoms with E-state index >= 15 is 0 Å². The third-order valence-electron chi connectivity index (χ3n) is 1.54. The summed E-state index contributed by atoms with van der Waals surface area (Å²) < 4.78 is 1.58. The fraction of sp³-hybridized carbons (Fsp3) is 0.444. The van der Waals surface area contributed by atoms with Crippen LogP contribution in [0, 0.1) is 12.3 Å². The summed E-state index contributed by atoms with van der Waals surface area (Å²) in [5.41, 5.74) is 6.39. The Morgan fingerprint density at radius 2 is 2.43 bits per heavy atom. The number of anilines is 1. The molecule has 2 N–H and O–H groups in total. The highest BCUT2D eigenvalue weighted by Gasteiger charge is 2.05. The zero-order valence-corrected chi connectivity index (χ0v) is 8.06. The molecule has 14 heavy (non-hydrogen) atoms. The third kappa shape index (κ3) is 2.76. The summed E-state index contributed by atoms with van der Waals surface area (Å²) in [6.45, 7) is 3.02. The van der Waals surface area contributed by atoms with Gasteiger partial charge in [0.15, 0.2) is 5.82 Å². The largest absolute Gasteiger partial charge is 0.382 e. The highest BCUT2D eigenvalue weighted by molar-refractivity contribution is 5.36. The predicted molar refractivity (Wildman–Crippen MR) is 51.9 cm³/mol. The molecule has 1 aromatic heterocycles. The van der Waals surface area contributed by atoms with E-state index in [1.54, 1.807) is 10.9 Å². The minimum atomic E-state index is 0.282. The Hall–Kier alpha value is -1.51. The predicted octanol–water partition coefficient (Wildman–Crippen LogP) is 0.567. The van der Waals surface area contributed by atoms with Crippen LogP contribution in [-0.2, 0) is 22.9 Å². The van der Waals surface area contributed by atoms with E-state index in [1.165, 1.54) is 0 Å². The zero-order valence-electron chi connectivity index (χ0n) is 8.06. The van der Waals surface area contributed by atoms with Gasteiger partial charge in [0.05, 0.1) is 6.61 Å². The van der Waals surface area contributed by atoms with Crippen molar-refractivity contribution in [2.45, 2.75) is 20.1 Å². The Labute approximate surface area is 82.7 Å². The van der Waals surface area contributed by atoms with E-state index in [0.29, 0.717) is 19.0 Å². The van der Waals surface area contributed by atoms with Crippen LogP contribution in [0.5, 0.6) is 0 Å². The molecule has 5 heteroatoms. The number of aromatic nitrogens is 2. The Morgan fingerprint density at radius 3 is 3.07 bits per heavy atom. The molecule has 0 spiro atoms. The summed E-state index contributed by atoms with van der Waals surface area (Å²) in [6, 6.07) is 0. The van der Waals surface area contributed by atoms with Gasteiger partial charge in [-0.15, -0.1) is 6.42 Å². The molecule has 5 nitrogen and oxygen atoms in total. The number of hydrogen-bond donors (Lipinski definition) is 1. The molecular weight excluding hydrogens is 182 g/mol. The third-order valence-corrected chi connectivity index (χ3v) is 1.54. The van der Waals surface area contributed by atoms with E-state index in [0.717, 1.165) is 5.56 Å². The first-order chi connectivity index (χ1) is 6.77. The normalized spacial score (nSPS) is 10.0. The number of nitrogens with zero attached hydrogens (tertiary/aromatic N) is 2. The minimum Gasteiger partial charge on any atom is -0.382 e. The molecule has 1 heterocycles. The van der Waals surface area contributed by atoms with Crippen molar-refractivity contribution < 1.29 is 9.78 Å². The zero-order chi connectivity index (χ0) is 10.4. The molecule has 0 saturated carbocycles. The average Bonchev–Trinajstić information content (AvgIpc) is 2.48. The van der Waals surface area contributed by atoms with Crippen LogP contribution in [0.1, 0.15) is 12.5 Å².